The Hall–Kier alpha value is -2.05. The van der Waals surface area contributed by atoms with E-state index in [2.05, 4.69) is 10.3 Å². The van der Waals surface area contributed by atoms with Crippen molar-refractivity contribution in [1.29, 1.82) is 0 Å². The number of carbonyl (C=O) groups excluding carboxylic acids is 2. The molecular formula is C14H25N5O2. The van der Waals surface area contributed by atoms with E-state index in [4.69, 9.17) is 0 Å². The summed E-state index contributed by atoms with van der Waals surface area (Å²) in [5.74, 6) is 0.682. The molecule has 0 aromatic carbocycles. The van der Waals surface area contributed by atoms with Crippen LogP contribution in [0.3, 0.4) is 0 Å². The number of imidazole rings is 1. The molecule has 0 spiro atoms. The van der Waals surface area contributed by atoms with Gasteiger partial charge >= 0.3 is 6.03 Å². The quantitative estimate of drug-likeness (QED) is 0.844. The fourth-order valence-electron chi connectivity index (χ4n) is 1.97. The number of urea groups is 1. The Bertz CT molecular complexity index is 483. The van der Waals surface area contributed by atoms with Crippen LogP contribution in [0, 0.1) is 0 Å². The molecule has 3 amide bonds. The van der Waals surface area contributed by atoms with Crippen LogP contribution < -0.4 is 5.32 Å². The van der Waals surface area contributed by atoms with Crippen LogP contribution in [0.5, 0.6) is 0 Å². The van der Waals surface area contributed by atoms with Crippen molar-refractivity contribution in [2.24, 2.45) is 7.05 Å². The van der Waals surface area contributed by atoms with E-state index in [1.165, 1.54) is 4.90 Å². The van der Waals surface area contributed by atoms with Gasteiger partial charge in [-0.3, -0.25) is 4.79 Å². The largest absolute Gasteiger partial charge is 0.347 e. The first-order valence-electron chi connectivity index (χ1n) is 7.09. The molecule has 0 unspecified atom stereocenters. The van der Waals surface area contributed by atoms with E-state index in [-0.39, 0.29) is 11.9 Å². The smallest absolute Gasteiger partial charge is 0.318 e. The lowest BCUT2D eigenvalue weighted by Crippen LogP contribution is -2.49. The number of aromatic nitrogens is 2. The van der Waals surface area contributed by atoms with Crippen molar-refractivity contribution in [3.63, 3.8) is 0 Å². The molecule has 0 saturated carbocycles. The van der Waals surface area contributed by atoms with E-state index in [1.807, 2.05) is 24.7 Å². The average molecular weight is 295 g/mol. The third-order valence-corrected chi connectivity index (χ3v) is 3.19. The second-order valence-electron chi connectivity index (χ2n) is 5.28. The lowest BCUT2D eigenvalue weighted by Gasteiger charge is -2.25. The van der Waals surface area contributed by atoms with Gasteiger partial charge in [-0.2, -0.15) is 0 Å². The molecule has 0 fully saturated rings. The number of rotatable bonds is 6. The summed E-state index contributed by atoms with van der Waals surface area (Å²) in [6.07, 6.45) is 4.39. The minimum Gasteiger partial charge on any atom is -0.347 e. The van der Waals surface area contributed by atoms with Crippen molar-refractivity contribution in [1.82, 2.24) is 24.7 Å². The van der Waals surface area contributed by atoms with Crippen molar-refractivity contribution in [3.05, 3.63) is 18.2 Å². The van der Waals surface area contributed by atoms with Crippen LogP contribution in [0.1, 0.15) is 26.1 Å². The highest BCUT2D eigenvalue weighted by molar-refractivity contribution is 5.86. The van der Waals surface area contributed by atoms with Gasteiger partial charge in [0.1, 0.15) is 11.9 Å². The molecule has 0 aliphatic heterocycles. The fourth-order valence-corrected chi connectivity index (χ4v) is 1.97. The topological polar surface area (TPSA) is 70.5 Å². The van der Waals surface area contributed by atoms with Gasteiger partial charge in [0.15, 0.2) is 0 Å². The highest BCUT2D eigenvalue weighted by Gasteiger charge is 2.21. The molecule has 1 atom stereocenters. The molecule has 0 aliphatic carbocycles. The Morgan fingerprint density at radius 2 is 2.10 bits per heavy atom. The van der Waals surface area contributed by atoms with Gasteiger partial charge < -0.3 is 19.7 Å². The Balaban J connectivity index is 2.69. The SMILES string of the molecule is CCCN(Cc1nccn1C)C(=O)N[C@H](C)C(=O)N(C)C. The van der Waals surface area contributed by atoms with Gasteiger partial charge in [-0.05, 0) is 13.3 Å². The normalized spacial score (nSPS) is 11.9. The fraction of sp³-hybridized carbons (Fsp3) is 0.643. The Labute approximate surface area is 125 Å². The number of aryl methyl sites for hydroxylation is 1. The zero-order valence-corrected chi connectivity index (χ0v) is 13.5. The van der Waals surface area contributed by atoms with Gasteiger partial charge in [0.2, 0.25) is 5.91 Å². The molecule has 0 aliphatic rings. The van der Waals surface area contributed by atoms with Crippen molar-refractivity contribution in [2.45, 2.75) is 32.9 Å². The molecule has 1 N–H and O–H groups in total. The number of hydrogen-bond acceptors (Lipinski definition) is 3. The lowest BCUT2D eigenvalue weighted by atomic mass is 10.3. The van der Waals surface area contributed by atoms with Crippen molar-refractivity contribution < 1.29 is 9.59 Å². The Morgan fingerprint density at radius 1 is 1.43 bits per heavy atom. The van der Waals surface area contributed by atoms with Crippen LogP contribution in [0.2, 0.25) is 0 Å². The molecule has 0 bridgehead atoms. The molecule has 7 nitrogen and oxygen atoms in total. The van der Waals surface area contributed by atoms with Crippen LogP contribution in [-0.4, -0.2) is 58.0 Å². The number of nitrogens with one attached hydrogen (secondary N) is 1. The summed E-state index contributed by atoms with van der Waals surface area (Å²) < 4.78 is 1.88. The molecular weight excluding hydrogens is 270 g/mol. The minimum atomic E-state index is -0.548. The Kier molecular flexibility index (Phi) is 6.20. The van der Waals surface area contributed by atoms with Gasteiger partial charge in [0.05, 0.1) is 6.54 Å². The summed E-state index contributed by atoms with van der Waals surface area (Å²) in [5.41, 5.74) is 0. The number of amides is 3. The summed E-state index contributed by atoms with van der Waals surface area (Å²) in [7, 11) is 5.23. The van der Waals surface area contributed by atoms with E-state index in [1.54, 1.807) is 32.1 Å². The molecule has 118 valence electrons. The standard InChI is InChI=1S/C14H25N5O2/c1-6-8-19(10-12-15-7-9-18(12)5)14(21)16-11(2)13(20)17(3)4/h7,9,11H,6,8,10H2,1-5H3,(H,16,21)/t11-/m1/s1. The zero-order valence-electron chi connectivity index (χ0n) is 13.5. The van der Waals surface area contributed by atoms with Gasteiger partial charge in [0, 0.05) is 40.1 Å². The van der Waals surface area contributed by atoms with Crippen LogP contribution in [0.15, 0.2) is 12.4 Å². The second-order valence-corrected chi connectivity index (χ2v) is 5.28. The molecule has 0 saturated heterocycles. The van der Waals surface area contributed by atoms with Gasteiger partial charge in [-0.25, -0.2) is 9.78 Å². The maximum atomic E-state index is 12.3. The van der Waals surface area contributed by atoms with E-state index < -0.39 is 6.04 Å². The molecule has 1 aromatic heterocycles. The monoisotopic (exact) mass is 295 g/mol. The number of carbonyl (C=O) groups is 2. The highest BCUT2D eigenvalue weighted by atomic mass is 16.2. The highest BCUT2D eigenvalue weighted by Crippen LogP contribution is 2.04. The summed E-state index contributed by atoms with van der Waals surface area (Å²) in [4.78, 5) is 31.5. The van der Waals surface area contributed by atoms with Gasteiger partial charge in [-0.15, -0.1) is 0 Å². The van der Waals surface area contributed by atoms with Crippen molar-refractivity contribution in [2.75, 3.05) is 20.6 Å². The number of hydrogen-bond donors (Lipinski definition) is 1. The van der Waals surface area contributed by atoms with Crippen LogP contribution in [0.4, 0.5) is 4.79 Å². The second kappa shape index (κ2) is 7.66. The van der Waals surface area contributed by atoms with Gasteiger partial charge in [-0.1, -0.05) is 6.92 Å². The third-order valence-electron chi connectivity index (χ3n) is 3.19. The van der Waals surface area contributed by atoms with Crippen LogP contribution in [-0.2, 0) is 18.4 Å². The molecule has 21 heavy (non-hydrogen) atoms. The molecule has 7 heteroatoms. The summed E-state index contributed by atoms with van der Waals surface area (Å²) in [5, 5.41) is 2.74. The van der Waals surface area contributed by atoms with Gasteiger partial charge in [0.25, 0.3) is 0 Å². The maximum absolute atomic E-state index is 12.3. The zero-order chi connectivity index (χ0) is 16.0. The summed E-state index contributed by atoms with van der Waals surface area (Å²) in [6.45, 7) is 4.73. The third kappa shape index (κ3) is 4.77. The first-order valence-corrected chi connectivity index (χ1v) is 7.09. The average Bonchev–Trinajstić information content (AvgIpc) is 2.82. The van der Waals surface area contributed by atoms with E-state index in [0.29, 0.717) is 13.1 Å². The van der Waals surface area contributed by atoms with Crippen molar-refractivity contribution >= 4 is 11.9 Å². The summed E-state index contributed by atoms with van der Waals surface area (Å²) in [6, 6.07) is -0.796. The van der Waals surface area contributed by atoms with E-state index in [9.17, 15) is 9.59 Å². The lowest BCUT2D eigenvalue weighted by molar-refractivity contribution is -0.130. The minimum absolute atomic E-state index is 0.128. The van der Waals surface area contributed by atoms with E-state index >= 15 is 0 Å². The summed E-state index contributed by atoms with van der Waals surface area (Å²) >= 11 is 0. The molecule has 1 aromatic rings. The number of nitrogens with zero attached hydrogens (tertiary/aromatic N) is 4. The Morgan fingerprint density at radius 3 is 2.57 bits per heavy atom. The predicted molar refractivity (Wildman–Crippen MR) is 80.6 cm³/mol. The first-order chi connectivity index (χ1) is 9.86. The first kappa shape index (κ1) is 17.0. The maximum Gasteiger partial charge on any atom is 0.318 e. The van der Waals surface area contributed by atoms with E-state index in [0.717, 1.165) is 12.2 Å². The predicted octanol–water partition coefficient (Wildman–Crippen LogP) is 0.818. The number of likely N-dealkylation sites (N-methyl/N-ethyl adjacent to an activating group) is 1. The molecule has 1 rings (SSSR count). The van der Waals surface area contributed by atoms with Crippen LogP contribution in [0.25, 0.3) is 0 Å². The van der Waals surface area contributed by atoms with Crippen molar-refractivity contribution in [3.8, 4) is 0 Å². The molecule has 1 heterocycles. The van der Waals surface area contributed by atoms with Crippen LogP contribution >= 0.6 is 0 Å². The molecule has 0 radical (unpaired) electrons.